The zero-order valence-corrected chi connectivity index (χ0v) is 20.2. The molecule has 0 saturated heterocycles. The van der Waals surface area contributed by atoms with Crippen molar-refractivity contribution in [3.05, 3.63) is 83.3 Å². The highest BCUT2D eigenvalue weighted by atomic mass is 19.1. The monoisotopic (exact) mass is 535 g/mol. The second-order valence-electron chi connectivity index (χ2n) is 8.86. The van der Waals surface area contributed by atoms with Gasteiger partial charge in [0, 0.05) is 11.8 Å². The molecular weight excluding hydrogens is 513 g/mol. The molecule has 0 aliphatic rings. The molecule has 0 aliphatic heterocycles. The molecule has 0 saturated carbocycles. The van der Waals surface area contributed by atoms with Crippen molar-refractivity contribution in [1.29, 1.82) is 0 Å². The first-order valence-electron chi connectivity index (χ1n) is 11.7. The van der Waals surface area contributed by atoms with E-state index in [1.54, 1.807) is 48.5 Å². The van der Waals surface area contributed by atoms with Crippen LogP contribution in [0.25, 0.3) is 27.6 Å². The van der Waals surface area contributed by atoms with Crippen molar-refractivity contribution in [1.82, 2.24) is 25.2 Å². The minimum absolute atomic E-state index is 0.0304. The first-order valence-corrected chi connectivity index (χ1v) is 11.7. The standard InChI is InChI=1S/C26H22FN5O7/c27-18-8-15(22(34)12-33)9-21-23(18)30-31-32(21)16-6-7-17-19(10-16)28-29-20(17)13-39-26(24(35)36,25(37)38)11-14-4-2-1-3-5-14/h1-10,22,33-34H,11-13H2,(H,28,29)(H,35,36)(H,37,38). The van der Waals surface area contributed by atoms with Crippen molar-refractivity contribution in [2.24, 2.45) is 0 Å². The first kappa shape index (κ1) is 25.9. The number of hydrogen-bond acceptors (Lipinski definition) is 8. The van der Waals surface area contributed by atoms with Crippen LogP contribution in [0.5, 0.6) is 0 Å². The predicted molar refractivity (Wildman–Crippen MR) is 133 cm³/mol. The van der Waals surface area contributed by atoms with Gasteiger partial charge >= 0.3 is 11.9 Å². The molecular formula is C26H22FN5O7. The highest BCUT2D eigenvalue weighted by Gasteiger charge is 2.48. The number of carbonyl (C=O) groups is 2. The Morgan fingerprint density at radius 2 is 1.82 bits per heavy atom. The van der Waals surface area contributed by atoms with Gasteiger partial charge in [0.05, 0.1) is 35.6 Å². The molecule has 0 fully saturated rings. The summed E-state index contributed by atoms with van der Waals surface area (Å²) in [6.07, 6.45) is -1.67. The van der Waals surface area contributed by atoms with Gasteiger partial charge in [-0.05, 0) is 41.5 Å². The molecule has 0 radical (unpaired) electrons. The van der Waals surface area contributed by atoms with Gasteiger partial charge in [-0.1, -0.05) is 35.5 Å². The number of hydrogen-bond donors (Lipinski definition) is 5. The van der Waals surface area contributed by atoms with E-state index in [4.69, 9.17) is 4.74 Å². The Kier molecular flexibility index (Phi) is 6.78. The normalized spacial score (nSPS) is 12.7. The number of ether oxygens (including phenoxy) is 1. The number of aromatic nitrogens is 5. The number of fused-ring (bicyclic) bond motifs is 2. The lowest BCUT2D eigenvalue weighted by Crippen LogP contribution is -2.51. The van der Waals surface area contributed by atoms with Gasteiger partial charge < -0.3 is 25.2 Å². The van der Waals surface area contributed by atoms with Gasteiger partial charge in [0.1, 0.15) is 11.6 Å². The minimum Gasteiger partial charge on any atom is -0.479 e. The molecule has 2 heterocycles. The van der Waals surface area contributed by atoms with Crippen molar-refractivity contribution in [2.75, 3.05) is 6.61 Å². The number of carboxylic acid groups (broad SMARTS) is 2. The third kappa shape index (κ3) is 4.69. The maximum absolute atomic E-state index is 14.5. The number of aliphatic hydroxyl groups excluding tert-OH is 2. The van der Waals surface area contributed by atoms with E-state index in [2.05, 4.69) is 20.5 Å². The first-order chi connectivity index (χ1) is 18.7. The zero-order valence-electron chi connectivity index (χ0n) is 20.2. The van der Waals surface area contributed by atoms with Crippen LogP contribution in [-0.4, -0.2) is 69.8 Å². The van der Waals surface area contributed by atoms with Crippen LogP contribution in [0.4, 0.5) is 4.39 Å². The number of carboxylic acids is 2. The number of aliphatic hydroxyl groups is 2. The molecule has 0 spiro atoms. The summed E-state index contributed by atoms with van der Waals surface area (Å²) in [5.74, 6) is -3.99. The number of halogens is 1. The lowest BCUT2D eigenvalue weighted by molar-refractivity contribution is -0.185. The number of benzene rings is 3. The fraction of sp³-hybridized carbons (Fsp3) is 0.192. The molecule has 5 rings (SSSR count). The molecule has 2 aromatic heterocycles. The number of nitrogens with one attached hydrogen (secondary N) is 1. The average molecular weight is 535 g/mol. The van der Waals surface area contributed by atoms with Crippen LogP contribution in [0.1, 0.15) is 22.9 Å². The van der Waals surface area contributed by atoms with Crippen LogP contribution >= 0.6 is 0 Å². The minimum atomic E-state index is -2.53. The number of aliphatic carboxylic acids is 2. The molecule has 1 atom stereocenters. The second kappa shape index (κ2) is 10.2. The summed E-state index contributed by atoms with van der Waals surface area (Å²) in [6, 6.07) is 15.7. The molecule has 13 heteroatoms. The summed E-state index contributed by atoms with van der Waals surface area (Å²) in [5, 5.41) is 54.2. The van der Waals surface area contributed by atoms with Gasteiger partial charge in [-0.2, -0.15) is 5.10 Å². The van der Waals surface area contributed by atoms with Crippen LogP contribution in [0, 0.1) is 5.82 Å². The van der Waals surface area contributed by atoms with E-state index in [1.165, 1.54) is 10.7 Å². The van der Waals surface area contributed by atoms with Crippen molar-refractivity contribution in [3.8, 4) is 5.69 Å². The van der Waals surface area contributed by atoms with Crippen molar-refractivity contribution in [3.63, 3.8) is 0 Å². The highest BCUT2D eigenvalue weighted by Crippen LogP contribution is 2.28. The van der Waals surface area contributed by atoms with Gasteiger partial charge in [0.15, 0.2) is 5.82 Å². The smallest absolute Gasteiger partial charge is 0.348 e. The summed E-state index contributed by atoms with van der Waals surface area (Å²) >= 11 is 0. The molecule has 1 unspecified atom stereocenters. The lowest BCUT2D eigenvalue weighted by atomic mass is 9.94. The largest absolute Gasteiger partial charge is 0.479 e. The zero-order chi connectivity index (χ0) is 27.7. The van der Waals surface area contributed by atoms with E-state index >= 15 is 0 Å². The van der Waals surface area contributed by atoms with Gasteiger partial charge in [0.2, 0.25) is 0 Å². The van der Waals surface area contributed by atoms with Crippen molar-refractivity contribution in [2.45, 2.75) is 24.7 Å². The van der Waals surface area contributed by atoms with Crippen LogP contribution < -0.4 is 0 Å². The Balaban J connectivity index is 1.46. The van der Waals surface area contributed by atoms with Gasteiger partial charge in [-0.3, -0.25) is 5.10 Å². The maximum atomic E-state index is 14.5. The van der Waals surface area contributed by atoms with Crippen molar-refractivity contribution < 1.29 is 39.1 Å². The Morgan fingerprint density at radius 3 is 2.51 bits per heavy atom. The van der Waals surface area contributed by atoms with E-state index in [9.17, 15) is 34.4 Å². The quantitative estimate of drug-likeness (QED) is 0.166. The van der Waals surface area contributed by atoms with Crippen LogP contribution in [0.3, 0.4) is 0 Å². The number of rotatable bonds is 10. The summed E-state index contributed by atoms with van der Waals surface area (Å²) in [4.78, 5) is 24.2. The van der Waals surface area contributed by atoms with Gasteiger partial charge in [-0.25, -0.2) is 18.7 Å². The summed E-state index contributed by atoms with van der Waals surface area (Å²) < 4.78 is 21.4. The predicted octanol–water partition coefficient (Wildman–Crippen LogP) is 2.13. The Labute approximate surface area is 218 Å². The number of nitrogens with zero attached hydrogens (tertiary/aromatic N) is 4. The highest BCUT2D eigenvalue weighted by molar-refractivity contribution is 6.02. The van der Waals surface area contributed by atoms with Crippen LogP contribution in [0.2, 0.25) is 0 Å². The van der Waals surface area contributed by atoms with Crippen LogP contribution in [0.15, 0.2) is 60.7 Å². The van der Waals surface area contributed by atoms with Crippen LogP contribution in [-0.2, 0) is 27.4 Å². The molecule has 5 aromatic rings. The SMILES string of the molecule is O=C(O)C(Cc1ccccc1)(OCc1[nH]nc2cc(-n3nnc4c(F)cc(C(O)CO)cc43)ccc12)C(=O)O. The molecule has 0 bridgehead atoms. The molecule has 0 amide bonds. The lowest BCUT2D eigenvalue weighted by Gasteiger charge is -2.25. The topological polar surface area (TPSA) is 184 Å². The molecule has 0 aliphatic carbocycles. The number of H-pyrrole nitrogens is 1. The fourth-order valence-electron chi connectivity index (χ4n) is 4.28. The Hall–Kier alpha value is -4.72. The van der Waals surface area contributed by atoms with E-state index in [-0.39, 0.29) is 23.2 Å². The summed E-state index contributed by atoms with van der Waals surface area (Å²) in [6.45, 7) is -0.978. The third-order valence-electron chi connectivity index (χ3n) is 6.40. The third-order valence-corrected chi connectivity index (χ3v) is 6.40. The molecule has 12 nitrogen and oxygen atoms in total. The molecule has 39 heavy (non-hydrogen) atoms. The van der Waals surface area contributed by atoms with Crippen molar-refractivity contribution >= 4 is 33.9 Å². The van der Waals surface area contributed by atoms with E-state index < -0.39 is 42.5 Å². The summed E-state index contributed by atoms with van der Waals surface area (Å²) in [5.41, 5.74) is -0.454. The second-order valence-corrected chi connectivity index (χ2v) is 8.86. The molecule has 3 aromatic carbocycles. The molecule has 5 N–H and O–H groups in total. The average Bonchev–Trinajstić information content (AvgIpc) is 3.55. The Bertz CT molecular complexity index is 1670. The fourth-order valence-corrected chi connectivity index (χ4v) is 4.28. The van der Waals surface area contributed by atoms with E-state index in [1.807, 2.05) is 0 Å². The van der Waals surface area contributed by atoms with Gasteiger partial charge in [-0.15, -0.1) is 5.10 Å². The van der Waals surface area contributed by atoms with Gasteiger partial charge in [0.25, 0.3) is 5.60 Å². The summed E-state index contributed by atoms with van der Waals surface area (Å²) in [7, 11) is 0. The van der Waals surface area contributed by atoms with E-state index in [0.717, 1.165) is 6.07 Å². The molecule has 200 valence electrons. The maximum Gasteiger partial charge on any atom is 0.348 e. The Morgan fingerprint density at radius 1 is 1.08 bits per heavy atom. The van der Waals surface area contributed by atoms with E-state index in [0.29, 0.717) is 27.8 Å². The number of aromatic amines is 1.